The average molecular weight is 342 g/mol. The third-order valence-electron chi connectivity index (χ3n) is 3.47. The number of nitrogens with one attached hydrogen (secondary N) is 1. The fourth-order valence-electron chi connectivity index (χ4n) is 2.16. The van der Waals surface area contributed by atoms with Gasteiger partial charge in [0.25, 0.3) is 11.8 Å². The summed E-state index contributed by atoms with van der Waals surface area (Å²) in [4.78, 5) is 44.6. The number of rotatable bonds is 4. The quantitative estimate of drug-likeness (QED) is 0.668. The number of benzene rings is 1. The highest BCUT2D eigenvalue weighted by molar-refractivity contribution is 7.53. The first kappa shape index (κ1) is 17.6. The first-order valence-electron chi connectivity index (χ1n) is 7.08. The molecule has 1 aliphatic rings. The fraction of sp³-hybridized carbons (Fsp3) is 0.429. The highest BCUT2D eigenvalue weighted by atomic mass is 31.2. The van der Waals surface area contributed by atoms with Crippen molar-refractivity contribution in [3.63, 3.8) is 0 Å². The summed E-state index contributed by atoms with van der Waals surface area (Å²) in [6.45, 7) is 2.91. The molecule has 1 fully saturated rings. The standard InChI is InChI=1S/C14H19N2O6P/c1-10-2-4-11(5-3-10)12(17)15-13(23(19,20)21)14(18)16-6-8-22-9-7-16/h2-5,13H,6-9H2,1H3,(H,15,17)(H2,19,20,21)/t13-/m1/s1. The zero-order chi connectivity index (χ0) is 17.0. The lowest BCUT2D eigenvalue weighted by atomic mass is 10.1. The Morgan fingerprint density at radius 1 is 1.22 bits per heavy atom. The van der Waals surface area contributed by atoms with Crippen molar-refractivity contribution in [2.45, 2.75) is 12.7 Å². The van der Waals surface area contributed by atoms with Crippen LogP contribution in [0, 0.1) is 6.92 Å². The number of carbonyl (C=O) groups is 2. The van der Waals surface area contributed by atoms with Crippen molar-refractivity contribution in [1.82, 2.24) is 10.2 Å². The van der Waals surface area contributed by atoms with E-state index in [-0.39, 0.29) is 18.7 Å². The topological polar surface area (TPSA) is 116 Å². The molecular formula is C14H19N2O6P. The monoisotopic (exact) mass is 342 g/mol. The molecular weight excluding hydrogens is 323 g/mol. The summed E-state index contributed by atoms with van der Waals surface area (Å²) in [6, 6.07) is 6.46. The molecule has 0 aliphatic carbocycles. The molecule has 1 atom stereocenters. The molecule has 1 saturated heterocycles. The normalized spacial score (nSPS) is 16.7. The van der Waals surface area contributed by atoms with Crippen LogP contribution in [0.2, 0.25) is 0 Å². The summed E-state index contributed by atoms with van der Waals surface area (Å²) in [6.07, 6.45) is 0. The molecule has 1 heterocycles. The summed E-state index contributed by atoms with van der Waals surface area (Å²) >= 11 is 0. The molecule has 0 aromatic heterocycles. The Hall–Kier alpha value is -1.73. The van der Waals surface area contributed by atoms with E-state index in [2.05, 4.69) is 5.32 Å². The van der Waals surface area contributed by atoms with Gasteiger partial charge in [-0.15, -0.1) is 0 Å². The van der Waals surface area contributed by atoms with E-state index in [0.29, 0.717) is 13.2 Å². The third kappa shape index (κ3) is 4.62. The van der Waals surface area contributed by atoms with Crippen LogP contribution in [0.15, 0.2) is 24.3 Å². The maximum atomic E-state index is 12.3. The van der Waals surface area contributed by atoms with Crippen LogP contribution in [0.3, 0.4) is 0 Å². The van der Waals surface area contributed by atoms with Crippen LogP contribution in [0.4, 0.5) is 0 Å². The van der Waals surface area contributed by atoms with Crippen LogP contribution in [-0.2, 0) is 14.1 Å². The van der Waals surface area contributed by atoms with Crippen molar-refractivity contribution >= 4 is 19.4 Å². The number of carbonyl (C=O) groups excluding carboxylic acids is 2. The van der Waals surface area contributed by atoms with E-state index in [1.165, 1.54) is 17.0 Å². The average Bonchev–Trinajstić information content (AvgIpc) is 2.52. The van der Waals surface area contributed by atoms with Crippen LogP contribution < -0.4 is 5.32 Å². The molecule has 126 valence electrons. The second kappa shape index (κ2) is 7.23. The van der Waals surface area contributed by atoms with E-state index in [1.54, 1.807) is 12.1 Å². The van der Waals surface area contributed by atoms with Gasteiger partial charge in [0.1, 0.15) is 0 Å². The fourth-order valence-corrected chi connectivity index (χ4v) is 2.90. The highest BCUT2D eigenvalue weighted by Crippen LogP contribution is 2.40. The molecule has 2 amide bonds. The minimum Gasteiger partial charge on any atom is -0.378 e. The largest absolute Gasteiger partial charge is 0.378 e. The molecule has 1 aromatic carbocycles. The number of hydrogen-bond donors (Lipinski definition) is 3. The Balaban J connectivity index is 2.15. The second-order valence-electron chi connectivity index (χ2n) is 5.27. The van der Waals surface area contributed by atoms with Crippen LogP contribution in [0.1, 0.15) is 15.9 Å². The van der Waals surface area contributed by atoms with Gasteiger partial charge in [0.05, 0.1) is 13.2 Å². The lowest BCUT2D eigenvalue weighted by Crippen LogP contribution is -2.51. The third-order valence-corrected chi connectivity index (χ3v) is 4.50. The Morgan fingerprint density at radius 3 is 2.30 bits per heavy atom. The first-order valence-corrected chi connectivity index (χ1v) is 8.76. The van der Waals surface area contributed by atoms with Gasteiger partial charge in [0.15, 0.2) is 0 Å². The minimum absolute atomic E-state index is 0.226. The Kier molecular flexibility index (Phi) is 5.54. The van der Waals surface area contributed by atoms with E-state index in [1.807, 2.05) is 6.92 Å². The number of ether oxygens (including phenoxy) is 1. The van der Waals surface area contributed by atoms with Crippen LogP contribution >= 0.6 is 7.60 Å². The van der Waals surface area contributed by atoms with E-state index >= 15 is 0 Å². The minimum atomic E-state index is -4.85. The van der Waals surface area contributed by atoms with Crippen molar-refractivity contribution in [1.29, 1.82) is 0 Å². The van der Waals surface area contributed by atoms with Crippen LogP contribution in [0.5, 0.6) is 0 Å². The van der Waals surface area contributed by atoms with Gasteiger partial charge in [-0.25, -0.2) is 0 Å². The van der Waals surface area contributed by atoms with Gasteiger partial charge in [0, 0.05) is 18.7 Å². The molecule has 3 N–H and O–H groups in total. The number of morpholine rings is 1. The molecule has 8 nitrogen and oxygen atoms in total. The van der Waals surface area contributed by atoms with Crippen molar-refractivity contribution in [2.75, 3.05) is 26.3 Å². The maximum Gasteiger partial charge on any atom is 0.357 e. The van der Waals surface area contributed by atoms with E-state index in [4.69, 9.17) is 4.74 Å². The van der Waals surface area contributed by atoms with Crippen molar-refractivity contribution in [3.05, 3.63) is 35.4 Å². The predicted octanol–water partition coefficient (Wildman–Crippen LogP) is 0.0874. The molecule has 2 rings (SSSR count). The van der Waals surface area contributed by atoms with E-state index < -0.39 is 25.2 Å². The Morgan fingerprint density at radius 2 is 1.78 bits per heavy atom. The SMILES string of the molecule is Cc1ccc(C(=O)N[C@@H](C(=O)N2CCOCC2)P(=O)(O)O)cc1. The van der Waals surface area contributed by atoms with Gasteiger partial charge in [-0.3, -0.25) is 14.2 Å². The number of amides is 2. The van der Waals surface area contributed by atoms with E-state index in [9.17, 15) is 23.9 Å². The molecule has 0 radical (unpaired) electrons. The summed E-state index contributed by atoms with van der Waals surface area (Å²) in [5, 5.41) is 2.16. The molecule has 0 bridgehead atoms. The van der Waals surface area contributed by atoms with Gasteiger partial charge < -0.3 is 24.7 Å². The molecule has 0 saturated carbocycles. The lowest BCUT2D eigenvalue weighted by Gasteiger charge is -2.30. The molecule has 0 spiro atoms. The first-order chi connectivity index (χ1) is 10.8. The van der Waals surface area contributed by atoms with Crippen molar-refractivity contribution in [2.24, 2.45) is 0 Å². The van der Waals surface area contributed by atoms with Gasteiger partial charge in [-0.1, -0.05) is 17.7 Å². The zero-order valence-electron chi connectivity index (χ0n) is 12.6. The summed E-state index contributed by atoms with van der Waals surface area (Å²) in [5.74, 6) is -3.41. The Labute approximate surface area is 133 Å². The van der Waals surface area contributed by atoms with Crippen LogP contribution in [0.25, 0.3) is 0 Å². The predicted molar refractivity (Wildman–Crippen MR) is 81.9 cm³/mol. The maximum absolute atomic E-state index is 12.3. The van der Waals surface area contributed by atoms with Gasteiger partial charge in [-0.05, 0) is 19.1 Å². The van der Waals surface area contributed by atoms with E-state index in [0.717, 1.165) is 5.56 Å². The summed E-state index contributed by atoms with van der Waals surface area (Å²) in [7, 11) is -4.85. The van der Waals surface area contributed by atoms with Crippen LogP contribution in [-0.4, -0.2) is 58.6 Å². The number of aryl methyl sites for hydroxylation is 1. The summed E-state index contributed by atoms with van der Waals surface area (Å²) < 4.78 is 16.7. The van der Waals surface area contributed by atoms with Gasteiger partial charge >= 0.3 is 7.60 Å². The van der Waals surface area contributed by atoms with Crippen molar-refractivity contribution in [3.8, 4) is 0 Å². The molecule has 23 heavy (non-hydrogen) atoms. The molecule has 0 unspecified atom stereocenters. The molecule has 1 aromatic rings. The number of hydrogen-bond acceptors (Lipinski definition) is 4. The smallest absolute Gasteiger partial charge is 0.357 e. The number of nitrogens with zero attached hydrogens (tertiary/aromatic N) is 1. The Bertz CT molecular complexity index is 621. The van der Waals surface area contributed by atoms with Crippen molar-refractivity contribution < 1.29 is 28.7 Å². The lowest BCUT2D eigenvalue weighted by molar-refractivity contribution is -0.135. The summed E-state index contributed by atoms with van der Waals surface area (Å²) in [5.41, 5.74) is 1.17. The highest BCUT2D eigenvalue weighted by Gasteiger charge is 2.40. The molecule has 1 aliphatic heterocycles. The second-order valence-corrected chi connectivity index (χ2v) is 6.96. The zero-order valence-corrected chi connectivity index (χ0v) is 13.5. The molecule has 9 heteroatoms. The van der Waals surface area contributed by atoms with Gasteiger partial charge in [0.2, 0.25) is 5.78 Å². The van der Waals surface area contributed by atoms with Gasteiger partial charge in [-0.2, -0.15) is 0 Å².